The average molecular weight is 236 g/mol. The molecule has 0 atom stereocenters. The van der Waals surface area contributed by atoms with Crippen molar-refractivity contribution >= 4 is 34.6 Å². The molecule has 1 aromatic carbocycles. The van der Waals surface area contributed by atoms with Gasteiger partial charge in [0.15, 0.2) is 0 Å². The second-order valence-corrected chi connectivity index (χ2v) is 2.71. The SMILES string of the molecule is Cl.O/N=C/c1ccc(Br)cc1. The van der Waals surface area contributed by atoms with Crippen molar-refractivity contribution in [3.63, 3.8) is 0 Å². The van der Waals surface area contributed by atoms with Crippen LogP contribution in [0.5, 0.6) is 0 Å². The summed E-state index contributed by atoms with van der Waals surface area (Å²) in [5.41, 5.74) is 0.880. The minimum Gasteiger partial charge on any atom is -0.411 e. The lowest BCUT2D eigenvalue weighted by atomic mass is 10.2. The van der Waals surface area contributed by atoms with E-state index in [-0.39, 0.29) is 12.4 Å². The van der Waals surface area contributed by atoms with E-state index >= 15 is 0 Å². The Hall–Kier alpha value is -0.540. The molecule has 0 fully saturated rings. The zero-order valence-corrected chi connectivity index (χ0v) is 7.97. The number of rotatable bonds is 1. The highest BCUT2D eigenvalue weighted by molar-refractivity contribution is 9.10. The van der Waals surface area contributed by atoms with Crippen LogP contribution in [0.2, 0.25) is 0 Å². The van der Waals surface area contributed by atoms with Crippen molar-refractivity contribution in [2.45, 2.75) is 0 Å². The van der Waals surface area contributed by atoms with Gasteiger partial charge in [0.2, 0.25) is 0 Å². The molecule has 0 aromatic heterocycles. The summed E-state index contributed by atoms with van der Waals surface area (Å²) in [4.78, 5) is 0. The van der Waals surface area contributed by atoms with Gasteiger partial charge < -0.3 is 5.21 Å². The molecule has 1 N–H and O–H groups in total. The number of hydrogen-bond donors (Lipinski definition) is 1. The molecule has 11 heavy (non-hydrogen) atoms. The summed E-state index contributed by atoms with van der Waals surface area (Å²) in [6.07, 6.45) is 1.38. The van der Waals surface area contributed by atoms with Crippen molar-refractivity contribution in [3.05, 3.63) is 34.3 Å². The average Bonchev–Trinajstić information content (AvgIpc) is 1.95. The van der Waals surface area contributed by atoms with E-state index in [1.165, 1.54) is 6.21 Å². The first-order chi connectivity index (χ1) is 4.83. The Labute approximate surface area is 79.5 Å². The van der Waals surface area contributed by atoms with Crippen molar-refractivity contribution in [2.24, 2.45) is 5.16 Å². The van der Waals surface area contributed by atoms with Crippen LogP contribution < -0.4 is 0 Å². The maximum Gasteiger partial charge on any atom is 0.0733 e. The van der Waals surface area contributed by atoms with Crippen molar-refractivity contribution in [2.75, 3.05) is 0 Å². The van der Waals surface area contributed by atoms with Gasteiger partial charge in [-0.05, 0) is 17.7 Å². The Morgan fingerprint density at radius 3 is 2.27 bits per heavy atom. The summed E-state index contributed by atoms with van der Waals surface area (Å²) in [5, 5.41) is 11.0. The van der Waals surface area contributed by atoms with E-state index < -0.39 is 0 Å². The largest absolute Gasteiger partial charge is 0.411 e. The molecular weight excluding hydrogens is 229 g/mol. The Kier molecular flexibility index (Phi) is 4.90. The van der Waals surface area contributed by atoms with Crippen LogP contribution in [0.15, 0.2) is 33.9 Å². The van der Waals surface area contributed by atoms with E-state index in [0.29, 0.717) is 0 Å². The summed E-state index contributed by atoms with van der Waals surface area (Å²) in [5.74, 6) is 0. The van der Waals surface area contributed by atoms with Crippen LogP contribution in [0.4, 0.5) is 0 Å². The molecule has 1 aromatic rings. The van der Waals surface area contributed by atoms with Crippen molar-refractivity contribution in [1.29, 1.82) is 0 Å². The highest BCUT2D eigenvalue weighted by Crippen LogP contribution is 2.08. The Morgan fingerprint density at radius 2 is 1.82 bits per heavy atom. The van der Waals surface area contributed by atoms with Gasteiger partial charge in [-0.15, -0.1) is 12.4 Å². The Morgan fingerprint density at radius 1 is 1.27 bits per heavy atom. The zero-order valence-electron chi connectivity index (χ0n) is 5.57. The molecular formula is C7H7BrClNO. The highest BCUT2D eigenvalue weighted by atomic mass is 79.9. The van der Waals surface area contributed by atoms with Gasteiger partial charge in [0.1, 0.15) is 0 Å². The molecule has 0 bridgehead atoms. The molecule has 0 spiro atoms. The lowest BCUT2D eigenvalue weighted by Crippen LogP contribution is -1.77. The molecule has 0 radical (unpaired) electrons. The second kappa shape index (κ2) is 5.16. The first-order valence-electron chi connectivity index (χ1n) is 2.76. The topological polar surface area (TPSA) is 32.6 Å². The van der Waals surface area contributed by atoms with Gasteiger partial charge in [0.05, 0.1) is 6.21 Å². The third kappa shape index (κ3) is 3.39. The van der Waals surface area contributed by atoms with Crippen LogP contribution in [0.3, 0.4) is 0 Å². The smallest absolute Gasteiger partial charge is 0.0733 e. The fourth-order valence-corrected chi connectivity index (χ4v) is 0.880. The third-order valence-electron chi connectivity index (χ3n) is 1.08. The molecule has 0 saturated carbocycles. The van der Waals surface area contributed by atoms with Gasteiger partial charge in [-0.1, -0.05) is 33.2 Å². The van der Waals surface area contributed by atoms with Gasteiger partial charge in [-0.25, -0.2) is 0 Å². The van der Waals surface area contributed by atoms with E-state index in [0.717, 1.165) is 10.0 Å². The molecule has 1 rings (SSSR count). The van der Waals surface area contributed by atoms with E-state index in [1.807, 2.05) is 24.3 Å². The first-order valence-corrected chi connectivity index (χ1v) is 3.55. The summed E-state index contributed by atoms with van der Waals surface area (Å²) >= 11 is 3.29. The summed E-state index contributed by atoms with van der Waals surface area (Å²) < 4.78 is 1.02. The normalized spacial score (nSPS) is 9.55. The predicted molar refractivity (Wildman–Crippen MR) is 50.8 cm³/mol. The van der Waals surface area contributed by atoms with Crippen LogP contribution in [-0.2, 0) is 0 Å². The van der Waals surface area contributed by atoms with Gasteiger partial charge in [-0.2, -0.15) is 0 Å². The Balaban J connectivity index is 0.000001000. The molecule has 0 aliphatic carbocycles. The number of hydrogen-bond acceptors (Lipinski definition) is 2. The molecule has 0 aliphatic heterocycles. The highest BCUT2D eigenvalue weighted by Gasteiger charge is 1.86. The first kappa shape index (κ1) is 10.5. The molecule has 0 heterocycles. The van der Waals surface area contributed by atoms with Gasteiger partial charge in [0.25, 0.3) is 0 Å². The number of halogens is 2. The molecule has 0 aliphatic rings. The van der Waals surface area contributed by atoms with E-state index in [2.05, 4.69) is 21.1 Å². The molecule has 4 heteroatoms. The fourth-order valence-electron chi connectivity index (χ4n) is 0.616. The fraction of sp³-hybridized carbons (Fsp3) is 0. The molecule has 0 unspecified atom stereocenters. The van der Waals surface area contributed by atoms with Crippen molar-refractivity contribution in [3.8, 4) is 0 Å². The number of nitrogens with zero attached hydrogens (tertiary/aromatic N) is 1. The summed E-state index contributed by atoms with van der Waals surface area (Å²) in [6, 6.07) is 7.47. The zero-order chi connectivity index (χ0) is 7.40. The monoisotopic (exact) mass is 235 g/mol. The maximum atomic E-state index is 8.15. The van der Waals surface area contributed by atoms with Crippen LogP contribution in [0.25, 0.3) is 0 Å². The molecule has 0 saturated heterocycles. The van der Waals surface area contributed by atoms with E-state index in [1.54, 1.807) is 0 Å². The number of oxime groups is 1. The molecule has 60 valence electrons. The van der Waals surface area contributed by atoms with Crippen molar-refractivity contribution < 1.29 is 5.21 Å². The van der Waals surface area contributed by atoms with Gasteiger partial charge in [-0.3, -0.25) is 0 Å². The quantitative estimate of drug-likeness (QED) is 0.454. The van der Waals surface area contributed by atoms with E-state index in [4.69, 9.17) is 5.21 Å². The van der Waals surface area contributed by atoms with Gasteiger partial charge >= 0.3 is 0 Å². The van der Waals surface area contributed by atoms with Crippen LogP contribution in [-0.4, -0.2) is 11.4 Å². The standard InChI is InChI=1S/C7H6BrNO.ClH/c8-7-3-1-6(2-4-7)5-9-10;/h1-5,10H;1H/b9-5+;. The third-order valence-corrected chi connectivity index (χ3v) is 1.61. The van der Waals surface area contributed by atoms with Crippen LogP contribution in [0, 0.1) is 0 Å². The molecule has 2 nitrogen and oxygen atoms in total. The maximum absolute atomic E-state index is 8.15. The minimum absolute atomic E-state index is 0. The minimum atomic E-state index is 0. The number of benzene rings is 1. The summed E-state index contributed by atoms with van der Waals surface area (Å²) in [7, 11) is 0. The van der Waals surface area contributed by atoms with Gasteiger partial charge in [0, 0.05) is 4.47 Å². The second-order valence-electron chi connectivity index (χ2n) is 1.80. The van der Waals surface area contributed by atoms with Crippen LogP contribution >= 0.6 is 28.3 Å². The van der Waals surface area contributed by atoms with Crippen LogP contribution in [0.1, 0.15) is 5.56 Å². The van der Waals surface area contributed by atoms with E-state index in [9.17, 15) is 0 Å². The van der Waals surface area contributed by atoms with Crippen molar-refractivity contribution in [1.82, 2.24) is 0 Å². The lowest BCUT2D eigenvalue weighted by Gasteiger charge is -1.89. The summed E-state index contributed by atoms with van der Waals surface area (Å²) in [6.45, 7) is 0. The predicted octanol–water partition coefficient (Wildman–Crippen LogP) is 2.68. The lowest BCUT2D eigenvalue weighted by molar-refractivity contribution is 0.322. The Bertz CT molecular complexity index is 235. The molecule has 0 amide bonds.